The first-order chi connectivity index (χ1) is 8.99. The summed E-state index contributed by atoms with van der Waals surface area (Å²) in [5, 5.41) is 10.8. The summed E-state index contributed by atoms with van der Waals surface area (Å²) in [7, 11) is 0. The molecule has 1 aromatic rings. The minimum atomic E-state index is -0.405. The van der Waals surface area contributed by atoms with Crippen LogP contribution < -0.4 is 4.90 Å². The number of ketones is 1. The molecular formula is C14H16N2O3. The molecule has 0 aliphatic carbocycles. The van der Waals surface area contributed by atoms with Crippen molar-refractivity contribution < 1.29 is 9.72 Å². The fourth-order valence-electron chi connectivity index (χ4n) is 2.35. The third kappa shape index (κ3) is 2.81. The lowest BCUT2D eigenvalue weighted by atomic mass is 10.1. The van der Waals surface area contributed by atoms with Gasteiger partial charge in [0.15, 0.2) is 5.78 Å². The van der Waals surface area contributed by atoms with E-state index in [2.05, 4.69) is 6.92 Å². The Kier molecular flexibility index (Phi) is 3.64. The second kappa shape index (κ2) is 5.22. The molecule has 1 aliphatic heterocycles. The number of carbonyl (C=O) groups excluding carboxylic acids is 1. The van der Waals surface area contributed by atoms with Crippen molar-refractivity contribution in [3.8, 4) is 0 Å². The van der Waals surface area contributed by atoms with Gasteiger partial charge in [-0.2, -0.15) is 0 Å². The maximum absolute atomic E-state index is 11.3. The van der Waals surface area contributed by atoms with Gasteiger partial charge >= 0.3 is 0 Å². The highest BCUT2D eigenvalue weighted by atomic mass is 16.6. The monoisotopic (exact) mass is 260 g/mol. The fraction of sp³-hybridized carbons (Fsp3) is 0.357. The molecule has 5 heteroatoms. The average Bonchev–Trinajstić information content (AvgIpc) is 2.71. The highest BCUT2D eigenvalue weighted by molar-refractivity contribution is 5.89. The van der Waals surface area contributed by atoms with Crippen LogP contribution in [0.15, 0.2) is 36.0 Å². The van der Waals surface area contributed by atoms with Crippen molar-refractivity contribution in [1.29, 1.82) is 0 Å². The molecule has 0 bridgehead atoms. The summed E-state index contributed by atoms with van der Waals surface area (Å²) in [5.74, 6) is 0.294. The first kappa shape index (κ1) is 13.3. The Morgan fingerprint density at radius 2 is 2.26 bits per heavy atom. The summed E-state index contributed by atoms with van der Waals surface area (Å²) in [5.41, 5.74) is 1.78. The van der Waals surface area contributed by atoms with Gasteiger partial charge in [-0.25, -0.2) is 0 Å². The summed E-state index contributed by atoms with van der Waals surface area (Å²) in [6.07, 6.45) is 2.57. The van der Waals surface area contributed by atoms with E-state index in [9.17, 15) is 14.9 Å². The molecule has 1 unspecified atom stereocenters. The molecule has 1 saturated heterocycles. The van der Waals surface area contributed by atoms with Gasteiger partial charge in [0.2, 0.25) is 0 Å². The van der Waals surface area contributed by atoms with Crippen LogP contribution in [0.4, 0.5) is 11.4 Å². The number of allylic oxidation sites excluding steroid dienone is 2. The second-order valence-corrected chi connectivity index (χ2v) is 4.80. The minimum absolute atomic E-state index is 0.000758. The molecule has 5 nitrogen and oxygen atoms in total. The summed E-state index contributed by atoms with van der Waals surface area (Å²) in [4.78, 5) is 23.7. The molecule has 2 rings (SSSR count). The number of benzene rings is 1. The average molecular weight is 260 g/mol. The van der Waals surface area contributed by atoms with Crippen LogP contribution in [0.5, 0.6) is 0 Å². The molecule has 1 heterocycles. The Bertz CT molecular complexity index is 551. The first-order valence-corrected chi connectivity index (χ1v) is 6.23. The van der Waals surface area contributed by atoms with Crippen LogP contribution in [0.1, 0.15) is 20.3 Å². The summed E-state index contributed by atoms with van der Waals surface area (Å²) in [6.45, 7) is 4.36. The van der Waals surface area contributed by atoms with Gasteiger partial charge < -0.3 is 4.90 Å². The van der Waals surface area contributed by atoms with E-state index in [1.807, 2.05) is 11.0 Å². The highest BCUT2D eigenvalue weighted by Gasteiger charge is 2.26. The topological polar surface area (TPSA) is 63.5 Å². The van der Waals surface area contributed by atoms with Gasteiger partial charge in [0.1, 0.15) is 0 Å². The van der Waals surface area contributed by atoms with Crippen LogP contribution in [0, 0.1) is 16.0 Å². The molecule has 1 atom stereocenters. The van der Waals surface area contributed by atoms with Gasteiger partial charge in [-0.3, -0.25) is 14.9 Å². The van der Waals surface area contributed by atoms with E-state index in [4.69, 9.17) is 0 Å². The smallest absolute Gasteiger partial charge is 0.271 e. The van der Waals surface area contributed by atoms with E-state index >= 15 is 0 Å². The van der Waals surface area contributed by atoms with Crippen LogP contribution in [0.3, 0.4) is 0 Å². The number of nitro groups is 1. The third-order valence-corrected chi connectivity index (χ3v) is 3.31. The molecule has 0 spiro atoms. The van der Waals surface area contributed by atoms with E-state index in [1.165, 1.54) is 13.0 Å². The number of nitro benzene ring substituents is 1. The van der Waals surface area contributed by atoms with Crippen LogP contribution >= 0.6 is 0 Å². The molecule has 1 aromatic carbocycles. The van der Waals surface area contributed by atoms with Crippen LogP contribution in [-0.4, -0.2) is 17.3 Å². The number of rotatable bonds is 3. The summed E-state index contributed by atoms with van der Waals surface area (Å²) < 4.78 is 0. The number of nitrogens with zero attached hydrogens (tertiary/aromatic N) is 2. The zero-order valence-corrected chi connectivity index (χ0v) is 11.0. The van der Waals surface area contributed by atoms with Gasteiger partial charge in [-0.1, -0.05) is 13.0 Å². The fourth-order valence-corrected chi connectivity index (χ4v) is 2.35. The van der Waals surface area contributed by atoms with E-state index in [0.717, 1.165) is 24.4 Å². The molecule has 1 fully saturated rings. The van der Waals surface area contributed by atoms with Crippen LogP contribution in [0.2, 0.25) is 0 Å². The Labute approximate surface area is 111 Å². The van der Waals surface area contributed by atoms with Crippen molar-refractivity contribution in [2.24, 2.45) is 5.92 Å². The van der Waals surface area contributed by atoms with Crippen LogP contribution in [0.25, 0.3) is 0 Å². The Hall–Kier alpha value is -2.17. The van der Waals surface area contributed by atoms with E-state index < -0.39 is 4.92 Å². The van der Waals surface area contributed by atoms with Gasteiger partial charge in [0, 0.05) is 36.1 Å². The predicted octanol–water partition coefficient (Wildman–Crippen LogP) is 2.91. The molecular weight excluding hydrogens is 244 g/mol. The molecule has 0 aromatic heterocycles. The molecule has 0 N–H and O–H groups in total. The normalized spacial score (nSPS) is 20.8. The number of carbonyl (C=O) groups is 1. The third-order valence-electron chi connectivity index (χ3n) is 3.31. The maximum Gasteiger partial charge on any atom is 0.271 e. The number of anilines is 1. The van der Waals surface area contributed by atoms with Crippen molar-refractivity contribution in [2.75, 3.05) is 11.4 Å². The number of hydrogen-bond donors (Lipinski definition) is 0. The molecule has 19 heavy (non-hydrogen) atoms. The van der Waals surface area contributed by atoms with E-state index in [-0.39, 0.29) is 11.5 Å². The lowest BCUT2D eigenvalue weighted by Crippen LogP contribution is -2.18. The summed E-state index contributed by atoms with van der Waals surface area (Å²) >= 11 is 0. The van der Waals surface area contributed by atoms with Gasteiger partial charge in [0.05, 0.1) is 4.92 Å². The van der Waals surface area contributed by atoms with Crippen LogP contribution in [-0.2, 0) is 4.79 Å². The zero-order valence-electron chi connectivity index (χ0n) is 11.0. The first-order valence-electron chi connectivity index (χ1n) is 6.23. The van der Waals surface area contributed by atoms with Crippen molar-refractivity contribution in [3.63, 3.8) is 0 Å². The predicted molar refractivity (Wildman–Crippen MR) is 73.0 cm³/mol. The number of hydrogen-bond acceptors (Lipinski definition) is 4. The second-order valence-electron chi connectivity index (χ2n) is 4.80. The zero-order chi connectivity index (χ0) is 14.0. The highest BCUT2D eigenvalue weighted by Crippen LogP contribution is 2.34. The summed E-state index contributed by atoms with van der Waals surface area (Å²) in [6, 6.07) is 6.52. The molecule has 100 valence electrons. The molecule has 1 aliphatic rings. The number of non-ortho nitro benzene ring substituents is 1. The quantitative estimate of drug-likeness (QED) is 0.476. The van der Waals surface area contributed by atoms with Gasteiger partial charge in [-0.05, 0) is 25.3 Å². The molecule has 0 saturated carbocycles. The largest absolute Gasteiger partial charge is 0.344 e. The van der Waals surface area contributed by atoms with Gasteiger partial charge in [0.25, 0.3) is 5.69 Å². The Morgan fingerprint density at radius 1 is 1.53 bits per heavy atom. The van der Waals surface area contributed by atoms with Crippen molar-refractivity contribution in [1.82, 2.24) is 0 Å². The van der Waals surface area contributed by atoms with Crippen molar-refractivity contribution in [3.05, 3.63) is 46.2 Å². The van der Waals surface area contributed by atoms with Crippen molar-refractivity contribution >= 4 is 17.2 Å². The Morgan fingerprint density at radius 3 is 2.89 bits per heavy atom. The van der Waals surface area contributed by atoms with Gasteiger partial charge in [-0.15, -0.1) is 0 Å². The minimum Gasteiger partial charge on any atom is -0.344 e. The maximum atomic E-state index is 11.3. The van der Waals surface area contributed by atoms with E-state index in [1.54, 1.807) is 18.2 Å². The van der Waals surface area contributed by atoms with Crippen molar-refractivity contribution in [2.45, 2.75) is 20.3 Å². The SMILES string of the molecule is CC(=O)/C=C1\C(C)CCN1c1cccc([N+](=O)[O-])c1. The van der Waals surface area contributed by atoms with E-state index in [0.29, 0.717) is 5.92 Å². The lowest BCUT2D eigenvalue weighted by molar-refractivity contribution is -0.384. The molecule has 0 radical (unpaired) electrons. The molecule has 0 amide bonds. The lowest BCUT2D eigenvalue weighted by Gasteiger charge is -2.21. The Balaban J connectivity index is 2.38. The standard InChI is InChI=1S/C14H16N2O3/c1-10-6-7-15(14(10)8-11(2)17)12-4-3-5-13(9-12)16(18)19/h3-5,8-10H,6-7H2,1-2H3/b14-8+.